The van der Waals surface area contributed by atoms with Crippen LogP contribution in [0.4, 0.5) is 0 Å². The minimum atomic E-state index is -0.902. The highest BCUT2D eigenvalue weighted by Gasteiger charge is 2.42. The van der Waals surface area contributed by atoms with E-state index in [0.29, 0.717) is 30.0 Å². The summed E-state index contributed by atoms with van der Waals surface area (Å²) in [5, 5.41) is 20.3. The molecule has 3 rings (SSSR count). The number of carbonyl (C=O) groups excluding carboxylic acids is 1. The number of tetrazole rings is 1. The predicted octanol–water partition coefficient (Wildman–Crippen LogP) is 0.608. The van der Waals surface area contributed by atoms with Crippen molar-refractivity contribution >= 4 is 11.9 Å². The number of nitrogens with zero attached hydrogens (tertiary/aromatic N) is 5. The normalized spacial score (nSPS) is 20.2. The Kier molecular flexibility index (Phi) is 3.92. The molecular formula is C15H17N5O4. The minimum Gasteiger partial charge on any atom is -0.494 e. The zero-order valence-electron chi connectivity index (χ0n) is 13.3. The number of likely N-dealkylation sites (tertiary alicyclic amines) is 1. The van der Waals surface area contributed by atoms with E-state index >= 15 is 0 Å². The maximum atomic E-state index is 12.7. The molecule has 0 aliphatic carbocycles. The van der Waals surface area contributed by atoms with Crippen LogP contribution in [0.15, 0.2) is 24.5 Å². The van der Waals surface area contributed by atoms with Crippen molar-refractivity contribution < 1.29 is 19.4 Å². The summed E-state index contributed by atoms with van der Waals surface area (Å²) in [5.41, 5.74) is 0.0605. The Morgan fingerprint density at radius 2 is 2.17 bits per heavy atom. The highest BCUT2D eigenvalue weighted by molar-refractivity contribution is 5.96. The van der Waals surface area contributed by atoms with Gasteiger partial charge in [0, 0.05) is 18.7 Å². The number of amides is 1. The number of aromatic nitrogens is 4. The van der Waals surface area contributed by atoms with Crippen molar-refractivity contribution in [1.82, 2.24) is 25.1 Å². The van der Waals surface area contributed by atoms with Gasteiger partial charge in [0.15, 0.2) is 0 Å². The van der Waals surface area contributed by atoms with Gasteiger partial charge in [0.2, 0.25) is 0 Å². The number of carboxylic acids is 1. The van der Waals surface area contributed by atoms with Crippen molar-refractivity contribution in [3.63, 3.8) is 0 Å². The van der Waals surface area contributed by atoms with Crippen LogP contribution in [0.25, 0.3) is 5.69 Å². The number of hydrogen-bond acceptors (Lipinski definition) is 6. The quantitative estimate of drug-likeness (QED) is 0.873. The van der Waals surface area contributed by atoms with Crippen LogP contribution in [0.5, 0.6) is 5.75 Å². The molecule has 9 nitrogen and oxygen atoms in total. The van der Waals surface area contributed by atoms with E-state index in [0.717, 1.165) is 0 Å². The summed E-state index contributed by atoms with van der Waals surface area (Å²) < 4.78 is 6.68. The van der Waals surface area contributed by atoms with Crippen LogP contribution in [0, 0.1) is 5.41 Å². The van der Waals surface area contributed by atoms with Crippen LogP contribution in [-0.2, 0) is 4.79 Å². The number of carboxylic acid groups (broad SMARTS) is 1. The largest absolute Gasteiger partial charge is 0.494 e. The van der Waals surface area contributed by atoms with Gasteiger partial charge in [0.05, 0.1) is 12.5 Å². The van der Waals surface area contributed by atoms with Crippen molar-refractivity contribution in [3.05, 3.63) is 30.1 Å². The maximum absolute atomic E-state index is 12.7. The van der Waals surface area contributed by atoms with Crippen LogP contribution >= 0.6 is 0 Å². The molecule has 1 fully saturated rings. The van der Waals surface area contributed by atoms with Gasteiger partial charge in [-0.15, -0.1) is 5.10 Å². The molecule has 1 aliphatic rings. The van der Waals surface area contributed by atoms with Crippen LogP contribution in [-0.4, -0.2) is 62.3 Å². The predicted molar refractivity (Wildman–Crippen MR) is 82.0 cm³/mol. The standard InChI is InChI=1S/C15H17N5O4/c1-15(14(22)23)5-6-19(8-15)13(21)10-3-4-12(24-2)11(7-10)20-9-16-17-18-20/h3-4,7,9H,5-6,8H2,1-2H3,(H,22,23). The first-order chi connectivity index (χ1) is 11.4. The van der Waals surface area contributed by atoms with Gasteiger partial charge in [0.1, 0.15) is 17.8 Å². The summed E-state index contributed by atoms with van der Waals surface area (Å²) >= 11 is 0. The number of rotatable bonds is 4. The molecule has 1 aliphatic heterocycles. The fraction of sp³-hybridized carbons (Fsp3) is 0.400. The molecule has 0 radical (unpaired) electrons. The summed E-state index contributed by atoms with van der Waals surface area (Å²) in [6.45, 7) is 2.25. The molecular weight excluding hydrogens is 314 g/mol. The summed E-state index contributed by atoms with van der Waals surface area (Å²) in [4.78, 5) is 25.6. The van der Waals surface area contributed by atoms with Gasteiger partial charge in [0.25, 0.3) is 5.91 Å². The van der Waals surface area contributed by atoms with Crippen LogP contribution in [0.3, 0.4) is 0 Å². The van der Waals surface area contributed by atoms with Crippen molar-refractivity contribution in [2.24, 2.45) is 5.41 Å². The average Bonchev–Trinajstić information content (AvgIpc) is 3.24. The lowest BCUT2D eigenvalue weighted by Crippen LogP contribution is -2.34. The van der Waals surface area contributed by atoms with Crippen molar-refractivity contribution in [1.29, 1.82) is 0 Å². The number of aliphatic carboxylic acids is 1. The summed E-state index contributed by atoms with van der Waals surface area (Å²) in [7, 11) is 1.52. The van der Waals surface area contributed by atoms with E-state index in [2.05, 4.69) is 15.5 Å². The Labute approximate surface area is 137 Å². The second-order valence-electron chi connectivity index (χ2n) is 5.98. The Morgan fingerprint density at radius 1 is 1.38 bits per heavy atom. The number of carbonyl (C=O) groups is 2. The van der Waals surface area contributed by atoms with E-state index in [-0.39, 0.29) is 12.5 Å². The molecule has 0 spiro atoms. The molecule has 1 atom stereocenters. The third-order valence-corrected chi connectivity index (χ3v) is 4.30. The highest BCUT2D eigenvalue weighted by atomic mass is 16.5. The lowest BCUT2D eigenvalue weighted by molar-refractivity contribution is -0.147. The smallest absolute Gasteiger partial charge is 0.311 e. The van der Waals surface area contributed by atoms with Crippen LogP contribution in [0.1, 0.15) is 23.7 Å². The fourth-order valence-corrected chi connectivity index (χ4v) is 2.77. The lowest BCUT2D eigenvalue weighted by atomic mass is 9.90. The van der Waals surface area contributed by atoms with Crippen molar-refractivity contribution in [2.45, 2.75) is 13.3 Å². The topological polar surface area (TPSA) is 110 Å². The molecule has 24 heavy (non-hydrogen) atoms. The Bertz CT molecular complexity index is 776. The van der Waals surface area contributed by atoms with E-state index in [1.807, 2.05) is 0 Å². The lowest BCUT2D eigenvalue weighted by Gasteiger charge is -2.20. The van der Waals surface area contributed by atoms with Crippen LogP contribution < -0.4 is 4.74 Å². The Morgan fingerprint density at radius 3 is 2.75 bits per heavy atom. The Balaban J connectivity index is 1.89. The zero-order valence-corrected chi connectivity index (χ0v) is 13.3. The van der Waals surface area contributed by atoms with E-state index in [1.54, 1.807) is 30.0 Å². The van der Waals surface area contributed by atoms with Crippen molar-refractivity contribution in [2.75, 3.05) is 20.2 Å². The van der Waals surface area contributed by atoms with Gasteiger partial charge >= 0.3 is 5.97 Å². The van der Waals surface area contributed by atoms with Gasteiger partial charge < -0.3 is 14.7 Å². The van der Waals surface area contributed by atoms with E-state index in [4.69, 9.17) is 4.74 Å². The molecule has 9 heteroatoms. The molecule has 1 aromatic heterocycles. The van der Waals surface area contributed by atoms with Gasteiger partial charge in [-0.1, -0.05) is 0 Å². The summed E-state index contributed by atoms with van der Waals surface area (Å²) in [6.07, 6.45) is 1.84. The number of ether oxygens (including phenoxy) is 1. The molecule has 1 aromatic carbocycles. The number of methoxy groups -OCH3 is 1. The molecule has 2 aromatic rings. The summed E-state index contributed by atoms with van der Waals surface area (Å²) in [6, 6.07) is 4.94. The van der Waals surface area contributed by atoms with E-state index in [1.165, 1.54) is 18.1 Å². The molecule has 1 saturated heterocycles. The average molecular weight is 331 g/mol. The fourth-order valence-electron chi connectivity index (χ4n) is 2.77. The highest BCUT2D eigenvalue weighted by Crippen LogP contribution is 2.32. The van der Waals surface area contributed by atoms with E-state index in [9.17, 15) is 14.7 Å². The second kappa shape index (κ2) is 5.91. The summed E-state index contributed by atoms with van der Waals surface area (Å²) in [5.74, 6) is -0.588. The first kappa shape index (κ1) is 15.9. The third kappa shape index (κ3) is 2.68. The molecule has 0 saturated carbocycles. The van der Waals surface area contributed by atoms with Crippen LogP contribution in [0.2, 0.25) is 0 Å². The van der Waals surface area contributed by atoms with Gasteiger partial charge in [-0.3, -0.25) is 9.59 Å². The van der Waals surface area contributed by atoms with Gasteiger partial charge in [-0.05, 0) is 42.0 Å². The number of hydrogen-bond donors (Lipinski definition) is 1. The number of benzene rings is 1. The zero-order chi connectivity index (χ0) is 17.3. The third-order valence-electron chi connectivity index (χ3n) is 4.30. The second-order valence-corrected chi connectivity index (χ2v) is 5.98. The Hall–Kier alpha value is -2.97. The van der Waals surface area contributed by atoms with Crippen molar-refractivity contribution in [3.8, 4) is 11.4 Å². The SMILES string of the molecule is COc1ccc(C(=O)N2CCC(C)(C(=O)O)C2)cc1-n1cnnn1. The van der Waals surface area contributed by atoms with E-state index < -0.39 is 11.4 Å². The molecule has 1 unspecified atom stereocenters. The molecule has 2 heterocycles. The maximum Gasteiger partial charge on any atom is 0.311 e. The van der Waals surface area contributed by atoms with Gasteiger partial charge in [-0.25, -0.2) is 0 Å². The first-order valence-corrected chi connectivity index (χ1v) is 7.39. The minimum absolute atomic E-state index is 0.188. The molecule has 126 valence electrons. The molecule has 1 N–H and O–H groups in total. The monoisotopic (exact) mass is 331 g/mol. The first-order valence-electron chi connectivity index (χ1n) is 7.39. The molecule has 0 bridgehead atoms. The molecule has 1 amide bonds. The van der Waals surface area contributed by atoms with Gasteiger partial charge in [-0.2, -0.15) is 4.68 Å².